The second-order valence-corrected chi connectivity index (χ2v) is 5.27. The molecule has 1 rings (SSSR count). The highest BCUT2D eigenvalue weighted by Gasteiger charge is 2.09. The molecule has 1 aromatic carbocycles. The number of hydrogen-bond acceptors (Lipinski definition) is 3. The Balaban J connectivity index is 2.67. The zero-order chi connectivity index (χ0) is 13.5. The summed E-state index contributed by atoms with van der Waals surface area (Å²) >= 11 is 8.56. The second-order valence-electron chi connectivity index (χ2n) is 3.98. The molecule has 0 aliphatic heterocycles. The van der Waals surface area contributed by atoms with E-state index in [4.69, 9.17) is 18.0 Å². The normalized spacial score (nSPS) is 10.7. The lowest BCUT2D eigenvalue weighted by Crippen LogP contribution is -2.29. The van der Waals surface area contributed by atoms with Crippen LogP contribution in [0.1, 0.15) is 19.4 Å². The minimum absolute atomic E-state index is 0.410. The van der Waals surface area contributed by atoms with Crippen LogP contribution in [0.2, 0.25) is 0 Å². The van der Waals surface area contributed by atoms with Gasteiger partial charge in [0.1, 0.15) is 4.99 Å². The largest absolute Gasteiger partial charge is 0.389 e. The quantitative estimate of drug-likeness (QED) is 0.755. The Morgan fingerprint density at radius 1 is 1.39 bits per heavy atom. The number of likely N-dealkylation sites (N-methyl/N-ethyl adjacent to an activating group) is 1. The van der Waals surface area contributed by atoms with E-state index in [9.17, 15) is 0 Å². The maximum absolute atomic E-state index is 5.75. The lowest BCUT2D eigenvalue weighted by molar-refractivity contribution is 0.316. The summed E-state index contributed by atoms with van der Waals surface area (Å²) in [5.41, 5.74) is 7.62. The Bertz CT molecular complexity index is 405. The summed E-state index contributed by atoms with van der Waals surface area (Å²) in [6.07, 6.45) is 0. The molecule has 3 N–H and O–H groups in total. The summed E-state index contributed by atoms with van der Waals surface area (Å²) in [6, 6.07) is 5.93. The van der Waals surface area contributed by atoms with E-state index in [1.54, 1.807) is 0 Å². The van der Waals surface area contributed by atoms with E-state index < -0.39 is 0 Å². The summed E-state index contributed by atoms with van der Waals surface area (Å²) in [7, 11) is 0. The van der Waals surface area contributed by atoms with Crippen LogP contribution in [0.3, 0.4) is 0 Å². The first kappa shape index (κ1) is 15.4. The molecule has 3 nitrogen and oxygen atoms in total. The summed E-state index contributed by atoms with van der Waals surface area (Å²) in [6.45, 7) is 8.37. The molecule has 0 fully saturated rings. The fraction of sp³-hybridized carbons (Fsp3) is 0.462. The average molecular weight is 330 g/mol. The Morgan fingerprint density at radius 2 is 2.06 bits per heavy atom. The molecule has 0 saturated carbocycles. The summed E-state index contributed by atoms with van der Waals surface area (Å²) in [4.78, 5) is 2.78. The van der Waals surface area contributed by atoms with Crippen LogP contribution < -0.4 is 11.1 Å². The topological polar surface area (TPSA) is 41.3 Å². The number of benzene rings is 1. The van der Waals surface area contributed by atoms with Crippen molar-refractivity contribution in [1.82, 2.24) is 4.90 Å². The van der Waals surface area contributed by atoms with Crippen molar-refractivity contribution >= 4 is 38.8 Å². The van der Waals surface area contributed by atoms with Crippen LogP contribution in [0, 0.1) is 0 Å². The van der Waals surface area contributed by atoms with Gasteiger partial charge in [0, 0.05) is 28.8 Å². The summed E-state index contributed by atoms with van der Waals surface area (Å²) < 4.78 is 0.933. The number of rotatable bonds is 7. The first-order valence-corrected chi connectivity index (χ1v) is 7.34. The minimum atomic E-state index is 0.410. The number of halogens is 1. The highest BCUT2D eigenvalue weighted by atomic mass is 79.9. The zero-order valence-electron chi connectivity index (χ0n) is 10.9. The standard InChI is InChI=1S/C13H20BrN3S/c1-3-17(4-2)9-8-16-11-7-5-6-10(14)12(11)13(15)18/h5-7,16H,3-4,8-9H2,1-2H3,(H2,15,18). The smallest absolute Gasteiger partial charge is 0.107 e. The number of nitrogens with one attached hydrogen (secondary N) is 1. The van der Waals surface area contributed by atoms with Crippen molar-refractivity contribution in [3.8, 4) is 0 Å². The van der Waals surface area contributed by atoms with E-state index in [0.29, 0.717) is 4.99 Å². The second kappa shape index (κ2) is 7.71. The first-order valence-electron chi connectivity index (χ1n) is 6.14. The molecule has 0 aliphatic carbocycles. The van der Waals surface area contributed by atoms with E-state index in [0.717, 1.165) is 41.9 Å². The molecule has 0 aromatic heterocycles. The highest BCUT2D eigenvalue weighted by molar-refractivity contribution is 9.10. The van der Waals surface area contributed by atoms with Gasteiger partial charge in [-0.1, -0.05) is 32.1 Å². The first-order chi connectivity index (χ1) is 8.60. The summed E-state index contributed by atoms with van der Waals surface area (Å²) in [5, 5.41) is 3.40. The van der Waals surface area contributed by atoms with Crippen LogP contribution in [0.25, 0.3) is 0 Å². The molecular weight excluding hydrogens is 310 g/mol. The molecule has 0 saturated heterocycles. The predicted octanol–water partition coefficient (Wildman–Crippen LogP) is 2.84. The minimum Gasteiger partial charge on any atom is -0.389 e. The van der Waals surface area contributed by atoms with Gasteiger partial charge in [-0.15, -0.1) is 0 Å². The van der Waals surface area contributed by atoms with Crippen molar-refractivity contribution in [2.45, 2.75) is 13.8 Å². The summed E-state index contributed by atoms with van der Waals surface area (Å²) in [5.74, 6) is 0. The molecule has 18 heavy (non-hydrogen) atoms. The maximum Gasteiger partial charge on any atom is 0.107 e. The molecule has 0 heterocycles. The molecule has 100 valence electrons. The van der Waals surface area contributed by atoms with Gasteiger partial charge in [-0.25, -0.2) is 0 Å². The molecule has 0 spiro atoms. The molecule has 0 atom stereocenters. The monoisotopic (exact) mass is 329 g/mol. The van der Waals surface area contributed by atoms with Crippen LogP contribution >= 0.6 is 28.1 Å². The van der Waals surface area contributed by atoms with Crippen molar-refractivity contribution in [3.05, 3.63) is 28.2 Å². The molecule has 0 bridgehead atoms. The van der Waals surface area contributed by atoms with Gasteiger partial charge < -0.3 is 16.0 Å². The number of anilines is 1. The Morgan fingerprint density at radius 3 is 2.61 bits per heavy atom. The lowest BCUT2D eigenvalue weighted by atomic mass is 10.2. The van der Waals surface area contributed by atoms with Gasteiger partial charge in [-0.2, -0.15) is 0 Å². The Labute approximate surface area is 123 Å². The molecule has 0 aliphatic rings. The third-order valence-corrected chi connectivity index (χ3v) is 3.76. The van der Waals surface area contributed by atoms with Gasteiger partial charge in [0.05, 0.1) is 0 Å². The van der Waals surface area contributed by atoms with E-state index in [2.05, 4.69) is 40.0 Å². The SMILES string of the molecule is CCN(CC)CCNc1cccc(Br)c1C(N)=S. The predicted molar refractivity (Wildman–Crippen MR) is 86.3 cm³/mol. The van der Waals surface area contributed by atoms with Crippen molar-refractivity contribution in [2.75, 3.05) is 31.5 Å². The molecule has 1 aromatic rings. The molecule has 5 heteroatoms. The molecule has 0 amide bonds. The van der Waals surface area contributed by atoms with Gasteiger partial charge in [0.15, 0.2) is 0 Å². The van der Waals surface area contributed by atoms with E-state index in [1.807, 2.05) is 18.2 Å². The number of nitrogens with two attached hydrogens (primary N) is 1. The Kier molecular flexibility index (Phi) is 6.60. The van der Waals surface area contributed by atoms with E-state index >= 15 is 0 Å². The zero-order valence-corrected chi connectivity index (χ0v) is 13.3. The third kappa shape index (κ3) is 4.23. The van der Waals surface area contributed by atoms with Gasteiger partial charge in [-0.05, 0) is 41.2 Å². The van der Waals surface area contributed by atoms with Gasteiger partial charge in [0.25, 0.3) is 0 Å². The Hall–Kier alpha value is -0.650. The van der Waals surface area contributed by atoms with Gasteiger partial charge >= 0.3 is 0 Å². The number of thiocarbonyl (C=S) groups is 1. The lowest BCUT2D eigenvalue weighted by Gasteiger charge is -2.19. The van der Waals surface area contributed by atoms with Crippen LogP contribution in [0.15, 0.2) is 22.7 Å². The highest BCUT2D eigenvalue weighted by Crippen LogP contribution is 2.24. The van der Waals surface area contributed by atoms with Crippen molar-refractivity contribution in [1.29, 1.82) is 0 Å². The average Bonchev–Trinajstić information content (AvgIpc) is 2.34. The van der Waals surface area contributed by atoms with Crippen LogP contribution in [0.5, 0.6) is 0 Å². The van der Waals surface area contributed by atoms with Crippen LogP contribution in [-0.2, 0) is 0 Å². The van der Waals surface area contributed by atoms with E-state index in [1.165, 1.54) is 0 Å². The molecular formula is C13H20BrN3S. The van der Waals surface area contributed by atoms with Crippen LogP contribution in [0.4, 0.5) is 5.69 Å². The molecule has 0 unspecified atom stereocenters. The van der Waals surface area contributed by atoms with Gasteiger partial charge in [0.2, 0.25) is 0 Å². The fourth-order valence-corrected chi connectivity index (χ4v) is 2.74. The maximum atomic E-state index is 5.75. The van der Waals surface area contributed by atoms with Crippen molar-refractivity contribution < 1.29 is 0 Å². The van der Waals surface area contributed by atoms with Gasteiger partial charge in [-0.3, -0.25) is 0 Å². The number of nitrogens with zero attached hydrogens (tertiary/aromatic N) is 1. The van der Waals surface area contributed by atoms with Crippen molar-refractivity contribution in [2.24, 2.45) is 5.73 Å². The van der Waals surface area contributed by atoms with Crippen molar-refractivity contribution in [3.63, 3.8) is 0 Å². The van der Waals surface area contributed by atoms with E-state index in [-0.39, 0.29) is 0 Å². The fourth-order valence-electron chi connectivity index (χ4n) is 1.81. The number of hydrogen-bond donors (Lipinski definition) is 2. The molecule has 0 radical (unpaired) electrons. The third-order valence-electron chi connectivity index (χ3n) is 2.90. The van der Waals surface area contributed by atoms with Crippen LogP contribution in [-0.4, -0.2) is 36.1 Å².